The summed E-state index contributed by atoms with van der Waals surface area (Å²) in [6.07, 6.45) is 8.06. The molecule has 0 amide bonds. The van der Waals surface area contributed by atoms with Gasteiger partial charge in [-0.2, -0.15) is 0 Å². The fourth-order valence-electron chi connectivity index (χ4n) is 2.21. The van der Waals surface area contributed by atoms with Crippen molar-refractivity contribution in [1.82, 2.24) is 4.98 Å². The van der Waals surface area contributed by atoms with Crippen molar-refractivity contribution >= 4 is 0 Å². The van der Waals surface area contributed by atoms with Gasteiger partial charge in [-0.05, 0) is 24.5 Å². The van der Waals surface area contributed by atoms with Crippen LogP contribution in [0.1, 0.15) is 51.6 Å². The smallest absolute Gasteiger partial charge is 0.0598 e. The van der Waals surface area contributed by atoms with Gasteiger partial charge in [0.15, 0.2) is 0 Å². The number of rotatable bonds is 8. The van der Waals surface area contributed by atoms with Gasteiger partial charge >= 0.3 is 0 Å². The van der Waals surface area contributed by atoms with Gasteiger partial charge in [-0.15, -0.1) is 0 Å². The van der Waals surface area contributed by atoms with Crippen LogP contribution in [0.25, 0.3) is 0 Å². The van der Waals surface area contributed by atoms with Gasteiger partial charge in [-0.1, -0.05) is 45.6 Å². The van der Waals surface area contributed by atoms with Gasteiger partial charge in [0.05, 0.1) is 6.10 Å². The van der Waals surface area contributed by atoms with Crippen LogP contribution in [0.3, 0.4) is 0 Å². The van der Waals surface area contributed by atoms with Crippen molar-refractivity contribution in [1.29, 1.82) is 0 Å². The van der Waals surface area contributed by atoms with E-state index in [1.807, 2.05) is 18.2 Å². The lowest BCUT2D eigenvalue weighted by Crippen LogP contribution is -2.16. The summed E-state index contributed by atoms with van der Waals surface area (Å²) >= 11 is 0. The Kier molecular flexibility index (Phi) is 6.87. The minimum absolute atomic E-state index is 0.244. The third-order valence-corrected chi connectivity index (χ3v) is 3.32. The minimum atomic E-state index is -0.244. The van der Waals surface area contributed by atoms with E-state index in [1.54, 1.807) is 6.20 Å². The molecule has 1 rings (SSSR count). The molecule has 96 valence electrons. The first-order chi connectivity index (χ1) is 8.26. The first-order valence-electron chi connectivity index (χ1n) is 6.84. The van der Waals surface area contributed by atoms with Gasteiger partial charge in [-0.25, -0.2) is 0 Å². The van der Waals surface area contributed by atoms with Crippen molar-refractivity contribution in [3.8, 4) is 0 Å². The highest BCUT2D eigenvalue weighted by Gasteiger charge is 2.13. The molecule has 2 unspecified atom stereocenters. The summed E-state index contributed by atoms with van der Waals surface area (Å²) in [6, 6.07) is 5.87. The first kappa shape index (κ1) is 14.2. The molecule has 0 aliphatic heterocycles. The van der Waals surface area contributed by atoms with E-state index < -0.39 is 0 Å². The molecule has 0 saturated carbocycles. The van der Waals surface area contributed by atoms with Gasteiger partial charge < -0.3 is 5.11 Å². The number of unbranched alkanes of at least 4 members (excludes halogenated alkanes) is 1. The summed E-state index contributed by atoms with van der Waals surface area (Å²) in [5.74, 6) is 0.661. The number of nitrogens with zero attached hydrogens (tertiary/aromatic N) is 1. The van der Waals surface area contributed by atoms with Crippen LogP contribution in [0, 0.1) is 5.92 Å². The number of aromatic nitrogens is 1. The summed E-state index contributed by atoms with van der Waals surface area (Å²) in [7, 11) is 0. The quantitative estimate of drug-likeness (QED) is 0.747. The van der Waals surface area contributed by atoms with Crippen LogP contribution in [-0.4, -0.2) is 16.2 Å². The number of pyridine rings is 1. The van der Waals surface area contributed by atoms with Gasteiger partial charge in [0.2, 0.25) is 0 Å². The van der Waals surface area contributed by atoms with E-state index in [9.17, 15) is 5.11 Å². The van der Waals surface area contributed by atoms with Crippen LogP contribution in [0.5, 0.6) is 0 Å². The van der Waals surface area contributed by atoms with E-state index in [0.29, 0.717) is 12.3 Å². The normalized spacial score (nSPS) is 14.5. The van der Waals surface area contributed by atoms with Gasteiger partial charge in [0, 0.05) is 18.3 Å². The molecule has 1 heterocycles. The number of aliphatic hydroxyl groups excluding tert-OH is 1. The van der Waals surface area contributed by atoms with Crippen LogP contribution >= 0.6 is 0 Å². The molecule has 0 aliphatic carbocycles. The second kappa shape index (κ2) is 8.24. The molecule has 0 aliphatic rings. The van der Waals surface area contributed by atoms with Crippen molar-refractivity contribution in [3.05, 3.63) is 30.1 Å². The molecule has 2 heteroatoms. The lowest BCUT2D eigenvalue weighted by Gasteiger charge is -2.18. The summed E-state index contributed by atoms with van der Waals surface area (Å²) in [6.45, 7) is 4.44. The van der Waals surface area contributed by atoms with E-state index in [0.717, 1.165) is 12.1 Å². The summed E-state index contributed by atoms with van der Waals surface area (Å²) in [5.41, 5.74) is 0.991. The Bertz CT molecular complexity index is 286. The van der Waals surface area contributed by atoms with Gasteiger partial charge in [-0.3, -0.25) is 4.98 Å². The minimum Gasteiger partial charge on any atom is -0.393 e. The van der Waals surface area contributed by atoms with E-state index in [1.165, 1.54) is 25.7 Å². The lowest BCUT2D eigenvalue weighted by molar-refractivity contribution is 0.136. The predicted octanol–water partition coefficient (Wildman–Crippen LogP) is 3.59. The Morgan fingerprint density at radius 2 is 2.12 bits per heavy atom. The SMILES string of the molecule is CCCCC(CC)CC(O)Cc1ccccn1. The van der Waals surface area contributed by atoms with Crippen LogP contribution in [0.4, 0.5) is 0 Å². The Morgan fingerprint density at radius 3 is 2.71 bits per heavy atom. The third kappa shape index (κ3) is 5.83. The maximum Gasteiger partial charge on any atom is 0.0598 e. The van der Waals surface area contributed by atoms with E-state index in [-0.39, 0.29) is 6.10 Å². The Morgan fingerprint density at radius 1 is 1.29 bits per heavy atom. The highest BCUT2D eigenvalue weighted by molar-refractivity contribution is 5.04. The molecule has 1 aromatic rings. The lowest BCUT2D eigenvalue weighted by atomic mass is 9.92. The van der Waals surface area contributed by atoms with Crippen LogP contribution in [0.2, 0.25) is 0 Å². The molecule has 0 fully saturated rings. The molecule has 0 bridgehead atoms. The molecular formula is C15H25NO. The van der Waals surface area contributed by atoms with E-state index >= 15 is 0 Å². The number of hydrogen-bond donors (Lipinski definition) is 1. The summed E-state index contributed by atoms with van der Waals surface area (Å²) in [5, 5.41) is 10.1. The topological polar surface area (TPSA) is 33.1 Å². The van der Waals surface area contributed by atoms with Crippen molar-refractivity contribution in [2.75, 3.05) is 0 Å². The maximum absolute atomic E-state index is 10.1. The van der Waals surface area contributed by atoms with Crippen molar-refractivity contribution in [2.45, 2.75) is 58.5 Å². The molecule has 2 atom stereocenters. The molecule has 1 aromatic heterocycles. The number of hydrogen-bond acceptors (Lipinski definition) is 2. The predicted molar refractivity (Wildman–Crippen MR) is 71.9 cm³/mol. The molecule has 2 nitrogen and oxygen atoms in total. The van der Waals surface area contributed by atoms with Crippen LogP contribution < -0.4 is 0 Å². The zero-order valence-electron chi connectivity index (χ0n) is 11.1. The Hall–Kier alpha value is -0.890. The van der Waals surface area contributed by atoms with Crippen LogP contribution in [0.15, 0.2) is 24.4 Å². The largest absolute Gasteiger partial charge is 0.393 e. The zero-order chi connectivity index (χ0) is 12.5. The first-order valence-corrected chi connectivity index (χ1v) is 6.84. The third-order valence-electron chi connectivity index (χ3n) is 3.32. The zero-order valence-corrected chi connectivity index (χ0v) is 11.1. The van der Waals surface area contributed by atoms with Crippen molar-refractivity contribution in [3.63, 3.8) is 0 Å². The summed E-state index contributed by atoms with van der Waals surface area (Å²) < 4.78 is 0. The second-order valence-corrected chi connectivity index (χ2v) is 4.83. The standard InChI is InChI=1S/C15H25NO/c1-3-5-8-13(4-2)11-15(17)12-14-9-6-7-10-16-14/h6-7,9-10,13,15,17H,3-5,8,11-12H2,1-2H3. The highest BCUT2D eigenvalue weighted by Crippen LogP contribution is 2.19. The summed E-state index contributed by atoms with van der Waals surface area (Å²) in [4.78, 5) is 4.25. The molecule has 0 radical (unpaired) electrons. The van der Waals surface area contributed by atoms with Crippen molar-refractivity contribution in [2.24, 2.45) is 5.92 Å². The monoisotopic (exact) mass is 235 g/mol. The molecule has 0 saturated heterocycles. The maximum atomic E-state index is 10.1. The molecule has 0 aromatic carbocycles. The van der Waals surface area contributed by atoms with Crippen molar-refractivity contribution < 1.29 is 5.11 Å². The average Bonchev–Trinajstić information content (AvgIpc) is 2.35. The number of aliphatic hydroxyl groups is 1. The van der Waals surface area contributed by atoms with E-state index in [2.05, 4.69) is 18.8 Å². The molecular weight excluding hydrogens is 210 g/mol. The Labute approximate surface area is 105 Å². The second-order valence-electron chi connectivity index (χ2n) is 4.83. The average molecular weight is 235 g/mol. The molecule has 17 heavy (non-hydrogen) atoms. The Balaban J connectivity index is 2.34. The van der Waals surface area contributed by atoms with Gasteiger partial charge in [0.1, 0.15) is 0 Å². The highest BCUT2D eigenvalue weighted by atomic mass is 16.3. The molecule has 0 spiro atoms. The fraction of sp³-hybridized carbons (Fsp3) is 0.667. The van der Waals surface area contributed by atoms with Crippen LogP contribution in [-0.2, 0) is 6.42 Å². The van der Waals surface area contributed by atoms with E-state index in [4.69, 9.17) is 0 Å². The van der Waals surface area contributed by atoms with Gasteiger partial charge in [0.25, 0.3) is 0 Å². The fourth-order valence-corrected chi connectivity index (χ4v) is 2.21. The molecule has 1 N–H and O–H groups in total.